The third-order valence-electron chi connectivity index (χ3n) is 2.99. The molecule has 1 aromatic heterocycles. The van der Waals surface area contributed by atoms with E-state index in [0.717, 1.165) is 5.69 Å². The van der Waals surface area contributed by atoms with E-state index in [2.05, 4.69) is 15.5 Å². The summed E-state index contributed by atoms with van der Waals surface area (Å²) in [4.78, 5) is 0.530. The first kappa shape index (κ1) is 13.4. The molecule has 0 aliphatic carbocycles. The molecule has 0 spiro atoms. The Bertz CT molecular complexity index is 774. The van der Waals surface area contributed by atoms with Gasteiger partial charge in [0.05, 0.1) is 10.6 Å². The molecule has 1 heterocycles. The highest BCUT2D eigenvalue weighted by molar-refractivity contribution is 7.99. The number of aromatic nitrogens is 4. The van der Waals surface area contributed by atoms with Gasteiger partial charge in [0, 0.05) is 5.56 Å². The van der Waals surface area contributed by atoms with Gasteiger partial charge in [-0.3, -0.25) is 0 Å². The number of tetrazole rings is 1. The van der Waals surface area contributed by atoms with Gasteiger partial charge in [-0.25, -0.2) is 0 Å². The van der Waals surface area contributed by atoms with E-state index in [1.54, 1.807) is 11.6 Å². The van der Waals surface area contributed by atoms with Crippen LogP contribution in [0.5, 0.6) is 11.5 Å². The van der Waals surface area contributed by atoms with Gasteiger partial charge in [0.25, 0.3) is 0 Å². The Morgan fingerprint density at radius 3 is 2.48 bits per heavy atom. The number of phenols is 2. The molecule has 0 unspecified atom stereocenters. The summed E-state index contributed by atoms with van der Waals surface area (Å²) in [7, 11) is 0. The zero-order valence-electron chi connectivity index (χ0n) is 11.1. The first-order chi connectivity index (χ1) is 10.2. The normalized spacial score (nSPS) is 10.7. The van der Waals surface area contributed by atoms with Gasteiger partial charge in [-0.1, -0.05) is 18.2 Å². The van der Waals surface area contributed by atoms with Crippen LogP contribution in [0.25, 0.3) is 5.69 Å². The third kappa shape index (κ3) is 2.55. The van der Waals surface area contributed by atoms with Gasteiger partial charge in [0.1, 0.15) is 11.5 Å². The van der Waals surface area contributed by atoms with Crippen LogP contribution in [0, 0.1) is 6.92 Å². The third-order valence-corrected chi connectivity index (χ3v) is 4.15. The summed E-state index contributed by atoms with van der Waals surface area (Å²) in [5.41, 5.74) is 1.41. The fraction of sp³-hybridized carbons (Fsp3) is 0.0714. The number of hydrogen-bond donors (Lipinski definition) is 2. The Balaban J connectivity index is 2.02. The summed E-state index contributed by atoms with van der Waals surface area (Å²) in [5.74, 6) is 0.201. The second-order valence-corrected chi connectivity index (χ2v) is 5.35. The molecule has 2 N–H and O–H groups in total. The fourth-order valence-corrected chi connectivity index (χ4v) is 2.78. The lowest BCUT2D eigenvalue weighted by atomic mass is 10.2. The molecular formula is C14H12N4O2S. The molecule has 0 amide bonds. The summed E-state index contributed by atoms with van der Waals surface area (Å²) < 4.78 is 1.58. The predicted octanol–water partition coefficient (Wildman–Crippen LogP) is 2.53. The molecule has 3 aromatic rings. The Hall–Kier alpha value is -2.54. The van der Waals surface area contributed by atoms with Gasteiger partial charge in [0.2, 0.25) is 5.16 Å². The van der Waals surface area contributed by atoms with Crippen LogP contribution >= 0.6 is 11.8 Å². The molecule has 0 aliphatic rings. The van der Waals surface area contributed by atoms with E-state index < -0.39 is 0 Å². The molecule has 0 saturated heterocycles. The molecule has 21 heavy (non-hydrogen) atoms. The lowest BCUT2D eigenvalue weighted by Crippen LogP contribution is -1.98. The van der Waals surface area contributed by atoms with Crippen molar-refractivity contribution in [2.24, 2.45) is 0 Å². The summed E-state index contributed by atoms with van der Waals surface area (Å²) in [5, 5.41) is 31.8. The van der Waals surface area contributed by atoms with Crippen molar-refractivity contribution in [1.82, 2.24) is 20.2 Å². The zero-order chi connectivity index (χ0) is 14.8. The van der Waals surface area contributed by atoms with E-state index in [4.69, 9.17) is 0 Å². The second-order valence-electron chi connectivity index (χ2n) is 4.37. The van der Waals surface area contributed by atoms with Crippen LogP contribution in [0.4, 0.5) is 0 Å². The molecular weight excluding hydrogens is 288 g/mol. The van der Waals surface area contributed by atoms with Crippen molar-refractivity contribution in [2.45, 2.75) is 17.0 Å². The number of benzene rings is 2. The van der Waals surface area contributed by atoms with Gasteiger partial charge in [-0.05, 0) is 53.4 Å². The summed E-state index contributed by atoms with van der Waals surface area (Å²) in [6.45, 7) is 1.73. The van der Waals surface area contributed by atoms with Gasteiger partial charge < -0.3 is 10.2 Å². The van der Waals surface area contributed by atoms with Crippen molar-refractivity contribution in [1.29, 1.82) is 0 Å². The highest BCUT2D eigenvalue weighted by Gasteiger charge is 2.16. The Morgan fingerprint density at radius 1 is 1.00 bits per heavy atom. The average Bonchev–Trinajstić information content (AvgIpc) is 2.97. The first-order valence-electron chi connectivity index (χ1n) is 6.20. The molecule has 3 rings (SSSR count). The van der Waals surface area contributed by atoms with E-state index in [-0.39, 0.29) is 11.5 Å². The number of hydrogen-bond acceptors (Lipinski definition) is 6. The standard InChI is InChI=1S/C14H12N4O2S/c1-9-11(19)7-8-12(20)13(9)21-14-15-16-17-18(14)10-5-3-2-4-6-10/h2-8,19-20H,1H3. The molecule has 6 nitrogen and oxygen atoms in total. The zero-order valence-corrected chi connectivity index (χ0v) is 11.9. The van der Waals surface area contributed by atoms with Crippen molar-refractivity contribution in [2.75, 3.05) is 0 Å². The topological polar surface area (TPSA) is 84.1 Å². The quantitative estimate of drug-likeness (QED) is 0.723. The van der Waals surface area contributed by atoms with E-state index in [1.807, 2.05) is 30.3 Å². The van der Waals surface area contributed by atoms with Crippen molar-refractivity contribution in [3.63, 3.8) is 0 Å². The van der Waals surface area contributed by atoms with Crippen molar-refractivity contribution in [3.05, 3.63) is 48.0 Å². The van der Waals surface area contributed by atoms with Gasteiger partial charge in [-0.15, -0.1) is 5.10 Å². The molecule has 0 fully saturated rings. The largest absolute Gasteiger partial charge is 0.508 e. The van der Waals surface area contributed by atoms with Crippen molar-refractivity contribution in [3.8, 4) is 17.2 Å². The van der Waals surface area contributed by atoms with Crippen molar-refractivity contribution >= 4 is 11.8 Å². The van der Waals surface area contributed by atoms with Crippen LogP contribution in [0.3, 0.4) is 0 Å². The van der Waals surface area contributed by atoms with E-state index >= 15 is 0 Å². The average molecular weight is 300 g/mol. The molecule has 106 valence electrons. The van der Waals surface area contributed by atoms with Crippen LogP contribution in [0.1, 0.15) is 5.56 Å². The van der Waals surface area contributed by atoms with E-state index in [1.165, 1.54) is 23.9 Å². The molecule has 2 aromatic carbocycles. The maximum atomic E-state index is 9.97. The highest BCUT2D eigenvalue weighted by atomic mass is 32.2. The second kappa shape index (κ2) is 5.45. The number of rotatable bonds is 3. The maximum absolute atomic E-state index is 9.97. The molecule has 0 atom stereocenters. The number of aromatic hydroxyl groups is 2. The van der Waals surface area contributed by atoms with E-state index in [0.29, 0.717) is 15.6 Å². The molecule has 7 heteroatoms. The van der Waals surface area contributed by atoms with E-state index in [9.17, 15) is 10.2 Å². The number of nitrogens with zero attached hydrogens (tertiary/aromatic N) is 4. The first-order valence-corrected chi connectivity index (χ1v) is 7.01. The number of phenolic OH excluding ortho intramolecular Hbond substituents is 2. The summed E-state index contributed by atoms with van der Waals surface area (Å²) >= 11 is 1.20. The van der Waals surface area contributed by atoms with Crippen molar-refractivity contribution < 1.29 is 10.2 Å². The molecule has 0 radical (unpaired) electrons. The smallest absolute Gasteiger partial charge is 0.219 e. The molecule has 0 saturated carbocycles. The Kier molecular flexibility index (Phi) is 3.49. The van der Waals surface area contributed by atoms with Gasteiger partial charge >= 0.3 is 0 Å². The van der Waals surface area contributed by atoms with Crippen LogP contribution in [-0.4, -0.2) is 30.4 Å². The minimum atomic E-state index is 0.0814. The minimum absolute atomic E-state index is 0.0814. The lowest BCUT2D eigenvalue weighted by molar-refractivity contribution is 0.444. The fourth-order valence-electron chi connectivity index (χ4n) is 1.86. The maximum Gasteiger partial charge on any atom is 0.219 e. The lowest BCUT2D eigenvalue weighted by Gasteiger charge is -2.09. The van der Waals surface area contributed by atoms with Gasteiger partial charge in [-0.2, -0.15) is 4.68 Å². The van der Waals surface area contributed by atoms with Crippen LogP contribution in [0.2, 0.25) is 0 Å². The SMILES string of the molecule is Cc1c(O)ccc(O)c1Sc1nnnn1-c1ccccc1. The predicted molar refractivity (Wildman–Crippen MR) is 77.8 cm³/mol. The van der Waals surface area contributed by atoms with Crippen LogP contribution < -0.4 is 0 Å². The molecule has 0 aliphatic heterocycles. The minimum Gasteiger partial charge on any atom is -0.508 e. The highest BCUT2D eigenvalue weighted by Crippen LogP contribution is 2.39. The molecule has 0 bridgehead atoms. The van der Waals surface area contributed by atoms with Gasteiger partial charge in [0.15, 0.2) is 0 Å². The Morgan fingerprint density at radius 2 is 1.71 bits per heavy atom. The monoisotopic (exact) mass is 300 g/mol. The van der Waals surface area contributed by atoms with Crippen LogP contribution in [0.15, 0.2) is 52.5 Å². The summed E-state index contributed by atoms with van der Waals surface area (Å²) in [6, 6.07) is 12.4. The van der Waals surface area contributed by atoms with Crippen LogP contribution in [-0.2, 0) is 0 Å². The number of para-hydroxylation sites is 1. The Labute approximate surface area is 125 Å². The summed E-state index contributed by atoms with van der Waals surface area (Å²) in [6.07, 6.45) is 0.